The highest BCUT2D eigenvalue weighted by Crippen LogP contribution is 2.26. The van der Waals surface area contributed by atoms with E-state index >= 15 is 0 Å². The maximum atomic E-state index is 12.4. The molecule has 7 nitrogen and oxygen atoms in total. The van der Waals surface area contributed by atoms with Crippen LogP contribution in [0.1, 0.15) is 32.3 Å². The molecule has 158 valence electrons. The molecule has 29 heavy (non-hydrogen) atoms. The van der Waals surface area contributed by atoms with Crippen molar-refractivity contribution in [2.75, 3.05) is 43.1 Å². The van der Waals surface area contributed by atoms with Crippen molar-refractivity contribution >= 4 is 33.0 Å². The van der Waals surface area contributed by atoms with Gasteiger partial charge in [-0.2, -0.15) is 0 Å². The number of nitrogens with one attached hydrogen (secondary N) is 3. The van der Waals surface area contributed by atoms with E-state index in [1.165, 1.54) is 25.7 Å². The number of rotatable bonds is 9. The Labute approximate surface area is 173 Å². The largest absolute Gasteiger partial charge is 0.384 e. The zero-order valence-corrected chi connectivity index (χ0v) is 18.4. The zero-order valence-electron chi connectivity index (χ0n) is 17.6. The van der Waals surface area contributed by atoms with E-state index in [1.54, 1.807) is 12.1 Å². The van der Waals surface area contributed by atoms with Gasteiger partial charge in [0.15, 0.2) is 0 Å². The van der Waals surface area contributed by atoms with Crippen molar-refractivity contribution in [3.8, 4) is 0 Å². The van der Waals surface area contributed by atoms with Crippen LogP contribution in [0.2, 0.25) is 0 Å². The highest BCUT2D eigenvalue weighted by molar-refractivity contribution is 7.89. The quantitative estimate of drug-likeness (QED) is 0.579. The second-order valence-corrected chi connectivity index (χ2v) is 9.36. The molecule has 0 aromatic heterocycles. The van der Waals surface area contributed by atoms with E-state index in [0.717, 1.165) is 15.7 Å². The lowest BCUT2D eigenvalue weighted by atomic mass is 10.0. The average Bonchev–Trinajstić information content (AvgIpc) is 2.67. The van der Waals surface area contributed by atoms with Crippen LogP contribution in [0.25, 0.3) is 0 Å². The van der Waals surface area contributed by atoms with Crippen LogP contribution in [0.3, 0.4) is 0 Å². The third kappa shape index (κ3) is 5.95. The van der Waals surface area contributed by atoms with Gasteiger partial charge in [-0.25, -0.2) is 12.7 Å². The van der Waals surface area contributed by atoms with Gasteiger partial charge in [0.05, 0.1) is 22.8 Å². The molecule has 2 aromatic rings. The minimum absolute atomic E-state index is 0.00971. The smallest absolute Gasteiger partial charge is 0.243 e. The molecule has 0 bridgehead atoms. The van der Waals surface area contributed by atoms with Gasteiger partial charge in [-0.1, -0.05) is 26.0 Å². The van der Waals surface area contributed by atoms with E-state index < -0.39 is 10.0 Å². The Kier molecular flexibility index (Phi) is 7.64. The van der Waals surface area contributed by atoms with E-state index in [2.05, 4.69) is 29.8 Å². The van der Waals surface area contributed by atoms with Gasteiger partial charge in [-0.05, 0) is 48.7 Å². The van der Waals surface area contributed by atoms with Gasteiger partial charge < -0.3 is 16.0 Å². The van der Waals surface area contributed by atoms with Crippen LogP contribution in [-0.4, -0.2) is 45.8 Å². The number of carbonyl (C=O) groups excluding carboxylic acids is 1. The molecule has 8 heteroatoms. The first kappa shape index (κ1) is 22.7. The lowest BCUT2D eigenvalue weighted by molar-refractivity contribution is -0.114. The Hall–Kier alpha value is -2.58. The number of amides is 1. The number of carbonyl (C=O) groups is 1. The Morgan fingerprint density at radius 3 is 2.21 bits per heavy atom. The summed E-state index contributed by atoms with van der Waals surface area (Å²) in [5.41, 5.74) is 3.21. The summed E-state index contributed by atoms with van der Waals surface area (Å²) in [6.07, 6.45) is 0. The monoisotopic (exact) mass is 418 g/mol. The molecule has 1 amide bonds. The van der Waals surface area contributed by atoms with Crippen molar-refractivity contribution < 1.29 is 13.2 Å². The summed E-state index contributed by atoms with van der Waals surface area (Å²) in [5.74, 6) is 0.210. The normalized spacial score (nSPS) is 11.6. The number of sulfonamides is 1. The molecule has 0 saturated carbocycles. The Morgan fingerprint density at radius 1 is 1.00 bits per heavy atom. The molecule has 0 atom stereocenters. The lowest BCUT2D eigenvalue weighted by Gasteiger charge is -2.17. The van der Waals surface area contributed by atoms with Crippen LogP contribution < -0.4 is 16.0 Å². The minimum atomic E-state index is -3.56. The van der Waals surface area contributed by atoms with Gasteiger partial charge >= 0.3 is 0 Å². The topological polar surface area (TPSA) is 90.5 Å². The number of nitrogens with zero attached hydrogens (tertiary/aromatic N) is 1. The average molecular weight is 419 g/mol. The molecule has 0 spiro atoms. The fourth-order valence-corrected chi connectivity index (χ4v) is 3.65. The molecule has 0 aliphatic rings. The number of benzene rings is 2. The summed E-state index contributed by atoms with van der Waals surface area (Å²) in [5, 5.41) is 9.06. The second-order valence-electron chi connectivity index (χ2n) is 7.20. The second kappa shape index (κ2) is 9.76. The summed E-state index contributed by atoms with van der Waals surface area (Å²) in [7, 11) is -0.595. The maximum Gasteiger partial charge on any atom is 0.243 e. The van der Waals surface area contributed by atoms with Crippen LogP contribution in [0.5, 0.6) is 0 Å². The molecule has 0 saturated heterocycles. The van der Waals surface area contributed by atoms with Gasteiger partial charge in [0, 0.05) is 26.3 Å². The summed E-state index contributed by atoms with van der Waals surface area (Å²) in [6.45, 7) is 6.86. The molecule has 0 aliphatic carbocycles. The summed E-state index contributed by atoms with van der Waals surface area (Å²) in [4.78, 5) is 12.5. The molecule has 2 aromatic carbocycles. The predicted octanol–water partition coefficient (Wildman–Crippen LogP) is 3.54. The zero-order chi connectivity index (χ0) is 21.6. The third-order valence-corrected chi connectivity index (χ3v) is 6.25. The SMILES string of the molecule is CCNc1ccc(S(=O)(=O)N(C)C)cc1NCC(=O)Nc1ccc(C(C)C)cc1. The van der Waals surface area contributed by atoms with Crippen LogP contribution in [-0.2, 0) is 14.8 Å². The first-order valence-corrected chi connectivity index (χ1v) is 11.0. The van der Waals surface area contributed by atoms with E-state index in [4.69, 9.17) is 0 Å². The molecule has 0 radical (unpaired) electrons. The van der Waals surface area contributed by atoms with Crippen molar-refractivity contribution in [2.45, 2.75) is 31.6 Å². The van der Waals surface area contributed by atoms with Crippen molar-refractivity contribution in [3.05, 3.63) is 48.0 Å². The van der Waals surface area contributed by atoms with Gasteiger partial charge in [-0.15, -0.1) is 0 Å². The van der Waals surface area contributed by atoms with Crippen molar-refractivity contribution in [1.29, 1.82) is 0 Å². The van der Waals surface area contributed by atoms with E-state index in [0.29, 0.717) is 18.2 Å². The van der Waals surface area contributed by atoms with E-state index in [-0.39, 0.29) is 17.3 Å². The Morgan fingerprint density at radius 2 is 1.66 bits per heavy atom. The first-order chi connectivity index (χ1) is 13.6. The number of hydrogen-bond acceptors (Lipinski definition) is 5. The molecular formula is C21H30N4O3S. The number of hydrogen-bond donors (Lipinski definition) is 3. The maximum absolute atomic E-state index is 12.4. The van der Waals surface area contributed by atoms with Crippen LogP contribution in [0, 0.1) is 0 Å². The molecule has 0 fully saturated rings. The molecule has 2 rings (SSSR count). The van der Waals surface area contributed by atoms with Crippen molar-refractivity contribution in [1.82, 2.24) is 4.31 Å². The molecular weight excluding hydrogens is 388 g/mol. The summed E-state index contributed by atoms with van der Waals surface area (Å²) in [6, 6.07) is 12.5. The van der Waals surface area contributed by atoms with Gasteiger partial charge in [0.25, 0.3) is 0 Å². The molecule has 0 unspecified atom stereocenters. The van der Waals surface area contributed by atoms with Crippen LogP contribution in [0.15, 0.2) is 47.4 Å². The van der Waals surface area contributed by atoms with Crippen LogP contribution >= 0.6 is 0 Å². The van der Waals surface area contributed by atoms with Gasteiger partial charge in [0.1, 0.15) is 0 Å². The van der Waals surface area contributed by atoms with Gasteiger partial charge in [0.2, 0.25) is 15.9 Å². The number of anilines is 3. The molecule has 3 N–H and O–H groups in total. The van der Waals surface area contributed by atoms with Gasteiger partial charge in [-0.3, -0.25) is 4.79 Å². The Balaban J connectivity index is 2.12. The van der Waals surface area contributed by atoms with Crippen molar-refractivity contribution in [3.63, 3.8) is 0 Å². The lowest BCUT2D eigenvalue weighted by Crippen LogP contribution is -2.24. The fourth-order valence-electron chi connectivity index (χ4n) is 2.72. The molecule has 0 aliphatic heterocycles. The predicted molar refractivity (Wildman–Crippen MR) is 119 cm³/mol. The summed E-state index contributed by atoms with van der Waals surface area (Å²) < 4.78 is 26.0. The third-order valence-electron chi connectivity index (χ3n) is 4.44. The molecule has 0 heterocycles. The highest BCUT2D eigenvalue weighted by atomic mass is 32.2. The van der Waals surface area contributed by atoms with Crippen LogP contribution in [0.4, 0.5) is 17.1 Å². The van der Waals surface area contributed by atoms with E-state index in [1.807, 2.05) is 31.2 Å². The first-order valence-electron chi connectivity index (χ1n) is 9.59. The minimum Gasteiger partial charge on any atom is -0.384 e. The highest BCUT2D eigenvalue weighted by Gasteiger charge is 2.19. The fraction of sp³-hybridized carbons (Fsp3) is 0.381. The Bertz CT molecular complexity index is 939. The van der Waals surface area contributed by atoms with Crippen molar-refractivity contribution in [2.24, 2.45) is 0 Å². The standard InChI is InChI=1S/C21H30N4O3S/c1-6-22-19-12-11-18(29(27,28)25(4)5)13-20(19)23-14-21(26)24-17-9-7-16(8-10-17)15(2)3/h7-13,15,22-23H,6,14H2,1-5H3,(H,24,26). The summed E-state index contributed by atoms with van der Waals surface area (Å²) >= 11 is 0. The van der Waals surface area contributed by atoms with E-state index in [9.17, 15) is 13.2 Å².